The van der Waals surface area contributed by atoms with Crippen molar-refractivity contribution in [2.75, 3.05) is 0 Å². The summed E-state index contributed by atoms with van der Waals surface area (Å²) in [5.74, 6) is 4.61. The third-order valence-corrected chi connectivity index (χ3v) is 3.25. The molecule has 1 unspecified atom stereocenters. The van der Waals surface area contributed by atoms with Crippen molar-refractivity contribution in [2.45, 2.75) is 12.2 Å². The van der Waals surface area contributed by atoms with Gasteiger partial charge < -0.3 is 0 Å². The summed E-state index contributed by atoms with van der Waals surface area (Å²) in [5.41, 5.74) is 1.18. The predicted molar refractivity (Wildman–Crippen MR) is 72.0 cm³/mol. The second-order valence-corrected chi connectivity index (χ2v) is 4.79. The molecule has 112 valence electrons. The second-order valence-electron chi connectivity index (χ2n) is 4.35. The topological polar surface area (TPSA) is 38.0 Å². The molecule has 2 aromatic carbocycles. The third-order valence-electron chi connectivity index (χ3n) is 3.02. The Hall–Kier alpha value is -1.63. The molecule has 0 amide bonds. The van der Waals surface area contributed by atoms with Crippen molar-refractivity contribution in [2.24, 2.45) is 5.84 Å². The first-order valence-corrected chi connectivity index (χ1v) is 6.29. The molecule has 2 nitrogen and oxygen atoms in total. The molecule has 3 N–H and O–H groups in total. The molecule has 0 bridgehead atoms. The minimum Gasteiger partial charge on any atom is -0.271 e. The van der Waals surface area contributed by atoms with Gasteiger partial charge in [-0.15, -0.1) is 0 Å². The van der Waals surface area contributed by atoms with E-state index in [0.717, 1.165) is 12.1 Å². The van der Waals surface area contributed by atoms with Crippen molar-refractivity contribution in [3.05, 3.63) is 70.0 Å². The van der Waals surface area contributed by atoms with Crippen LogP contribution in [-0.4, -0.2) is 0 Å². The molecule has 0 aliphatic rings. The maximum Gasteiger partial charge on any atom is 0.416 e. The third kappa shape index (κ3) is 3.34. The second kappa shape index (κ2) is 6.01. The average Bonchev–Trinajstić information content (AvgIpc) is 2.41. The van der Waals surface area contributed by atoms with Crippen molar-refractivity contribution in [1.29, 1.82) is 0 Å². The van der Waals surface area contributed by atoms with Crippen LogP contribution in [-0.2, 0) is 6.18 Å². The standard InChI is InChI=1S/C14H11ClF4N2/c15-8-5-6-10(12(16)7-8)13(21-20)9-3-1-2-4-11(9)14(17,18)19/h1-7,13,21H,20H2. The van der Waals surface area contributed by atoms with Gasteiger partial charge in [0.2, 0.25) is 0 Å². The van der Waals surface area contributed by atoms with E-state index in [-0.39, 0.29) is 16.1 Å². The Balaban J connectivity index is 2.57. The minimum atomic E-state index is -4.56. The van der Waals surface area contributed by atoms with E-state index >= 15 is 0 Å². The van der Waals surface area contributed by atoms with Crippen LogP contribution in [0.5, 0.6) is 0 Å². The van der Waals surface area contributed by atoms with E-state index in [9.17, 15) is 17.6 Å². The van der Waals surface area contributed by atoms with Crippen molar-refractivity contribution in [3.8, 4) is 0 Å². The van der Waals surface area contributed by atoms with Crippen LogP contribution >= 0.6 is 11.6 Å². The molecule has 7 heteroatoms. The summed E-state index contributed by atoms with van der Waals surface area (Å²) in [4.78, 5) is 0. The van der Waals surface area contributed by atoms with Gasteiger partial charge in [0.05, 0.1) is 11.6 Å². The molecular formula is C14H11ClF4N2. The summed E-state index contributed by atoms with van der Waals surface area (Å²) in [6, 6.07) is 7.45. The van der Waals surface area contributed by atoms with Gasteiger partial charge in [-0.25, -0.2) is 9.82 Å². The largest absolute Gasteiger partial charge is 0.416 e. The van der Waals surface area contributed by atoms with Crippen LogP contribution in [0.3, 0.4) is 0 Å². The molecule has 0 aromatic heterocycles. The van der Waals surface area contributed by atoms with Crippen LogP contribution in [0.4, 0.5) is 17.6 Å². The molecule has 0 aliphatic carbocycles. The van der Waals surface area contributed by atoms with Gasteiger partial charge in [0.25, 0.3) is 0 Å². The minimum absolute atomic E-state index is 0.0152. The van der Waals surface area contributed by atoms with Crippen LogP contribution in [0.1, 0.15) is 22.7 Å². The molecule has 0 radical (unpaired) electrons. The Bertz CT molecular complexity index is 643. The van der Waals surface area contributed by atoms with E-state index in [0.29, 0.717) is 0 Å². The summed E-state index contributed by atoms with van der Waals surface area (Å²) in [7, 11) is 0. The Morgan fingerprint density at radius 3 is 2.29 bits per heavy atom. The number of hydrogen-bond acceptors (Lipinski definition) is 2. The molecule has 0 aliphatic heterocycles. The van der Waals surface area contributed by atoms with E-state index in [1.54, 1.807) is 0 Å². The first kappa shape index (κ1) is 15.8. The molecule has 1 atom stereocenters. The lowest BCUT2D eigenvalue weighted by Crippen LogP contribution is -2.31. The van der Waals surface area contributed by atoms with E-state index in [2.05, 4.69) is 5.43 Å². The summed E-state index contributed by atoms with van der Waals surface area (Å²) in [6.45, 7) is 0. The fourth-order valence-electron chi connectivity index (χ4n) is 2.09. The fourth-order valence-corrected chi connectivity index (χ4v) is 2.25. The highest BCUT2D eigenvalue weighted by Gasteiger charge is 2.35. The van der Waals surface area contributed by atoms with E-state index in [4.69, 9.17) is 17.4 Å². The number of halogens is 5. The molecule has 0 fully saturated rings. The summed E-state index contributed by atoms with van der Waals surface area (Å²) >= 11 is 5.64. The van der Waals surface area contributed by atoms with Crippen molar-refractivity contribution in [3.63, 3.8) is 0 Å². The van der Waals surface area contributed by atoms with Gasteiger partial charge in [0, 0.05) is 10.6 Å². The van der Waals surface area contributed by atoms with Gasteiger partial charge in [-0.2, -0.15) is 13.2 Å². The van der Waals surface area contributed by atoms with Crippen molar-refractivity contribution < 1.29 is 17.6 Å². The van der Waals surface area contributed by atoms with Crippen LogP contribution < -0.4 is 11.3 Å². The highest BCUT2D eigenvalue weighted by Crippen LogP contribution is 2.37. The van der Waals surface area contributed by atoms with Crippen LogP contribution in [0, 0.1) is 5.82 Å². The SMILES string of the molecule is NNC(c1ccc(Cl)cc1F)c1ccccc1C(F)(F)F. The maximum absolute atomic E-state index is 13.9. The molecule has 2 rings (SSSR count). The molecule has 21 heavy (non-hydrogen) atoms. The fraction of sp³-hybridized carbons (Fsp3) is 0.143. The van der Waals surface area contributed by atoms with Gasteiger partial charge in [0.15, 0.2) is 0 Å². The van der Waals surface area contributed by atoms with Gasteiger partial charge in [-0.3, -0.25) is 5.84 Å². The molecule has 0 heterocycles. The Morgan fingerprint density at radius 2 is 1.71 bits per heavy atom. The first-order valence-electron chi connectivity index (χ1n) is 5.91. The monoisotopic (exact) mass is 318 g/mol. The van der Waals surface area contributed by atoms with E-state index < -0.39 is 23.6 Å². The Labute approximate surface area is 123 Å². The number of benzene rings is 2. The van der Waals surface area contributed by atoms with Gasteiger partial charge in [-0.1, -0.05) is 35.9 Å². The Morgan fingerprint density at radius 1 is 1.05 bits per heavy atom. The zero-order valence-electron chi connectivity index (χ0n) is 10.6. The van der Waals surface area contributed by atoms with Crippen molar-refractivity contribution >= 4 is 11.6 Å². The lowest BCUT2D eigenvalue weighted by Gasteiger charge is -2.22. The molecule has 0 saturated heterocycles. The van der Waals surface area contributed by atoms with E-state index in [1.165, 1.54) is 30.3 Å². The number of hydrazine groups is 1. The van der Waals surface area contributed by atoms with Crippen LogP contribution in [0.2, 0.25) is 5.02 Å². The zero-order valence-corrected chi connectivity index (χ0v) is 11.3. The average molecular weight is 319 g/mol. The van der Waals surface area contributed by atoms with Gasteiger partial charge in [0.1, 0.15) is 5.82 Å². The lowest BCUT2D eigenvalue weighted by atomic mass is 9.94. The number of nitrogens with one attached hydrogen (secondary N) is 1. The smallest absolute Gasteiger partial charge is 0.271 e. The highest BCUT2D eigenvalue weighted by molar-refractivity contribution is 6.30. The summed E-state index contributed by atoms with van der Waals surface area (Å²) in [5, 5.41) is 0.149. The normalized spacial score (nSPS) is 13.2. The lowest BCUT2D eigenvalue weighted by molar-refractivity contribution is -0.138. The quantitative estimate of drug-likeness (QED) is 0.509. The summed E-state index contributed by atoms with van der Waals surface area (Å²) < 4.78 is 53.1. The molecular weight excluding hydrogens is 308 g/mol. The summed E-state index contributed by atoms with van der Waals surface area (Å²) in [6.07, 6.45) is -4.56. The molecule has 0 spiro atoms. The van der Waals surface area contributed by atoms with Gasteiger partial charge >= 0.3 is 6.18 Å². The first-order chi connectivity index (χ1) is 9.84. The number of hydrogen-bond donors (Lipinski definition) is 2. The Kier molecular flexibility index (Phi) is 4.51. The molecule has 0 saturated carbocycles. The zero-order chi connectivity index (χ0) is 15.6. The number of alkyl halides is 3. The van der Waals surface area contributed by atoms with Gasteiger partial charge in [-0.05, 0) is 23.8 Å². The van der Waals surface area contributed by atoms with Crippen molar-refractivity contribution in [1.82, 2.24) is 5.43 Å². The number of nitrogens with two attached hydrogens (primary N) is 1. The molecule has 2 aromatic rings. The predicted octanol–water partition coefficient (Wildman–Crippen LogP) is 4.05. The van der Waals surface area contributed by atoms with Crippen LogP contribution in [0.25, 0.3) is 0 Å². The maximum atomic E-state index is 13.9. The van der Waals surface area contributed by atoms with E-state index in [1.807, 2.05) is 0 Å². The number of rotatable bonds is 3. The van der Waals surface area contributed by atoms with Crippen LogP contribution in [0.15, 0.2) is 42.5 Å². The highest BCUT2D eigenvalue weighted by atomic mass is 35.5.